The first-order valence-electron chi connectivity index (χ1n) is 9.47. The van der Waals surface area contributed by atoms with Gasteiger partial charge in [-0.1, -0.05) is 29.8 Å². The Morgan fingerprint density at radius 1 is 1.18 bits per heavy atom. The van der Waals surface area contributed by atoms with E-state index in [9.17, 15) is 22.8 Å². The molecule has 1 aromatic carbocycles. The van der Waals surface area contributed by atoms with Crippen LogP contribution in [0.5, 0.6) is 0 Å². The van der Waals surface area contributed by atoms with Gasteiger partial charge in [-0.05, 0) is 40.8 Å². The van der Waals surface area contributed by atoms with E-state index < -0.39 is 29.3 Å². The molecule has 3 aromatic heterocycles. The maximum Gasteiger partial charge on any atom is 0.420 e. The van der Waals surface area contributed by atoms with Crippen molar-refractivity contribution in [3.8, 4) is 11.1 Å². The van der Waals surface area contributed by atoms with Crippen LogP contribution in [0.4, 0.5) is 13.2 Å². The number of carbonyl (C=O) groups excluding carboxylic acids is 2. The average Bonchev–Trinajstić information content (AvgIpc) is 3.44. The lowest BCUT2D eigenvalue weighted by Gasteiger charge is -2.12. The molecular formula is C22H15ClF3N3O3S. The van der Waals surface area contributed by atoms with Crippen LogP contribution in [0.1, 0.15) is 31.3 Å². The first-order valence-corrected chi connectivity index (χ1v) is 10.7. The van der Waals surface area contributed by atoms with Crippen LogP contribution in [0.2, 0.25) is 5.15 Å². The maximum absolute atomic E-state index is 13.9. The van der Waals surface area contributed by atoms with Gasteiger partial charge in [-0.2, -0.15) is 13.2 Å². The summed E-state index contributed by atoms with van der Waals surface area (Å²) in [5.41, 5.74) is -1.25. The number of imidazole rings is 1. The standard InChI is InChI=1S/C22H15ClF3N3O3S/c1-32-21(31)13-5-2-4-12(8-13)14-9-16(22(24,25)26)19-28-17(18(23)29(19)11-14)20(30)27-10-15-6-3-7-33-15/h2-9,11H,10H2,1H3,(H,27,30). The lowest BCUT2D eigenvalue weighted by molar-refractivity contribution is -0.136. The number of esters is 1. The van der Waals surface area contributed by atoms with Crippen LogP contribution in [-0.4, -0.2) is 28.4 Å². The van der Waals surface area contributed by atoms with Gasteiger partial charge in [0.25, 0.3) is 5.91 Å². The molecule has 0 saturated heterocycles. The second-order valence-electron chi connectivity index (χ2n) is 6.92. The molecule has 1 amide bonds. The molecule has 0 aliphatic heterocycles. The molecule has 4 rings (SSSR count). The Balaban J connectivity index is 1.81. The minimum Gasteiger partial charge on any atom is -0.465 e. The van der Waals surface area contributed by atoms with Crippen LogP contribution in [-0.2, 0) is 17.5 Å². The van der Waals surface area contributed by atoms with Crippen molar-refractivity contribution in [2.45, 2.75) is 12.7 Å². The van der Waals surface area contributed by atoms with Crippen molar-refractivity contribution in [2.75, 3.05) is 7.11 Å². The van der Waals surface area contributed by atoms with E-state index >= 15 is 0 Å². The van der Waals surface area contributed by atoms with E-state index in [1.807, 2.05) is 17.5 Å². The Kier molecular flexibility index (Phi) is 6.13. The summed E-state index contributed by atoms with van der Waals surface area (Å²) >= 11 is 7.72. The van der Waals surface area contributed by atoms with Crippen LogP contribution in [0, 0.1) is 0 Å². The van der Waals surface area contributed by atoms with Gasteiger partial charge in [-0.3, -0.25) is 9.20 Å². The Labute approximate surface area is 194 Å². The number of thiophene rings is 1. The van der Waals surface area contributed by atoms with Crippen LogP contribution in [0.25, 0.3) is 16.8 Å². The highest BCUT2D eigenvalue weighted by atomic mass is 35.5. The number of pyridine rings is 1. The molecule has 170 valence electrons. The van der Waals surface area contributed by atoms with E-state index in [4.69, 9.17) is 11.6 Å². The molecule has 0 atom stereocenters. The smallest absolute Gasteiger partial charge is 0.420 e. The zero-order chi connectivity index (χ0) is 23.8. The number of aromatic nitrogens is 2. The summed E-state index contributed by atoms with van der Waals surface area (Å²) in [5.74, 6) is -1.32. The lowest BCUT2D eigenvalue weighted by Crippen LogP contribution is -2.23. The van der Waals surface area contributed by atoms with Crippen molar-refractivity contribution >= 4 is 40.5 Å². The van der Waals surface area contributed by atoms with E-state index in [0.29, 0.717) is 5.56 Å². The molecule has 0 unspecified atom stereocenters. The molecule has 0 bridgehead atoms. The summed E-state index contributed by atoms with van der Waals surface area (Å²) < 4.78 is 47.3. The van der Waals surface area contributed by atoms with Crippen molar-refractivity contribution in [3.63, 3.8) is 0 Å². The van der Waals surface area contributed by atoms with E-state index in [1.54, 1.807) is 6.07 Å². The molecule has 4 aromatic rings. The fraction of sp³-hybridized carbons (Fsp3) is 0.136. The number of ether oxygens (including phenoxy) is 1. The predicted molar refractivity (Wildman–Crippen MR) is 117 cm³/mol. The second kappa shape index (κ2) is 8.87. The summed E-state index contributed by atoms with van der Waals surface area (Å²) in [4.78, 5) is 29.2. The quantitative estimate of drug-likeness (QED) is 0.375. The number of nitrogens with one attached hydrogen (secondary N) is 1. The Morgan fingerprint density at radius 3 is 2.64 bits per heavy atom. The van der Waals surface area contributed by atoms with Crippen molar-refractivity contribution < 1.29 is 27.5 Å². The molecule has 3 heterocycles. The molecule has 0 spiro atoms. The van der Waals surface area contributed by atoms with Crippen LogP contribution < -0.4 is 5.32 Å². The predicted octanol–water partition coefficient (Wildman–Crippen LogP) is 5.45. The number of amides is 1. The third-order valence-electron chi connectivity index (χ3n) is 4.80. The number of rotatable bonds is 5. The number of halogens is 4. The third kappa shape index (κ3) is 4.57. The summed E-state index contributed by atoms with van der Waals surface area (Å²) in [6.45, 7) is 0.193. The molecule has 0 aliphatic carbocycles. The van der Waals surface area contributed by atoms with Crippen LogP contribution in [0.15, 0.2) is 54.0 Å². The van der Waals surface area contributed by atoms with E-state index in [1.165, 1.54) is 42.8 Å². The molecular weight excluding hydrogens is 479 g/mol. The molecule has 33 heavy (non-hydrogen) atoms. The van der Waals surface area contributed by atoms with Gasteiger partial charge in [0.1, 0.15) is 5.15 Å². The monoisotopic (exact) mass is 493 g/mol. The Morgan fingerprint density at radius 2 is 1.97 bits per heavy atom. The zero-order valence-corrected chi connectivity index (χ0v) is 18.5. The number of methoxy groups -OCH3 is 1. The number of hydrogen-bond donors (Lipinski definition) is 1. The van der Waals surface area contributed by atoms with Gasteiger partial charge in [0.05, 0.1) is 24.8 Å². The van der Waals surface area contributed by atoms with Crippen molar-refractivity contribution in [3.05, 3.63) is 80.9 Å². The van der Waals surface area contributed by atoms with Gasteiger partial charge in [0.2, 0.25) is 0 Å². The largest absolute Gasteiger partial charge is 0.465 e. The van der Waals surface area contributed by atoms with Gasteiger partial charge in [-0.25, -0.2) is 9.78 Å². The van der Waals surface area contributed by atoms with E-state index in [2.05, 4.69) is 15.0 Å². The molecule has 0 fully saturated rings. The minimum absolute atomic E-state index is 0.130. The van der Waals surface area contributed by atoms with E-state index in [-0.39, 0.29) is 28.5 Å². The van der Waals surface area contributed by atoms with Gasteiger partial charge < -0.3 is 10.1 Å². The number of fused-ring (bicyclic) bond motifs is 1. The molecule has 0 aliphatic rings. The first-order chi connectivity index (χ1) is 15.7. The highest BCUT2D eigenvalue weighted by Crippen LogP contribution is 2.37. The minimum atomic E-state index is -4.77. The number of hydrogen-bond acceptors (Lipinski definition) is 5. The molecule has 11 heteroatoms. The van der Waals surface area contributed by atoms with Crippen LogP contribution >= 0.6 is 22.9 Å². The molecule has 6 nitrogen and oxygen atoms in total. The number of benzene rings is 1. The van der Waals surface area contributed by atoms with Gasteiger partial charge in [-0.15, -0.1) is 11.3 Å². The van der Waals surface area contributed by atoms with Crippen molar-refractivity contribution in [1.82, 2.24) is 14.7 Å². The normalized spacial score (nSPS) is 11.5. The third-order valence-corrected chi connectivity index (χ3v) is 6.04. The number of nitrogens with zero attached hydrogens (tertiary/aromatic N) is 2. The zero-order valence-electron chi connectivity index (χ0n) is 16.9. The van der Waals surface area contributed by atoms with Crippen LogP contribution in [0.3, 0.4) is 0 Å². The first kappa shape index (κ1) is 22.8. The molecule has 1 N–H and O–H groups in total. The lowest BCUT2D eigenvalue weighted by atomic mass is 10.0. The Bertz CT molecular complexity index is 1350. The molecule has 0 saturated carbocycles. The van der Waals surface area contributed by atoms with E-state index in [0.717, 1.165) is 15.3 Å². The SMILES string of the molecule is COC(=O)c1cccc(-c2cc(C(F)(F)F)c3nc(C(=O)NCc4cccs4)c(Cl)n3c2)c1. The highest BCUT2D eigenvalue weighted by Gasteiger charge is 2.36. The fourth-order valence-corrected chi connectivity index (χ4v) is 4.14. The van der Waals surface area contributed by atoms with Gasteiger partial charge in [0, 0.05) is 11.1 Å². The fourth-order valence-electron chi connectivity index (χ4n) is 3.24. The second-order valence-corrected chi connectivity index (χ2v) is 8.31. The Hall–Kier alpha value is -3.37. The number of carbonyl (C=O) groups is 2. The summed E-state index contributed by atoms with van der Waals surface area (Å²) in [6, 6.07) is 10.5. The summed E-state index contributed by atoms with van der Waals surface area (Å²) in [6.07, 6.45) is -3.43. The summed E-state index contributed by atoms with van der Waals surface area (Å²) in [7, 11) is 1.21. The topological polar surface area (TPSA) is 72.7 Å². The van der Waals surface area contributed by atoms with Gasteiger partial charge >= 0.3 is 12.1 Å². The molecule has 0 radical (unpaired) electrons. The highest BCUT2D eigenvalue weighted by molar-refractivity contribution is 7.09. The summed E-state index contributed by atoms with van der Waals surface area (Å²) in [5, 5.41) is 4.19. The van der Waals surface area contributed by atoms with Crippen molar-refractivity contribution in [2.24, 2.45) is 0 Å². The maximum atomic E-state index is 13.9. The average molecular weight is 494 g/mol. The van der Waals surface area contributed by atoms with Gasteiger partial charge in [0.15, 0.2) is 11.3 Å². The van der Waals surface area contributed by atoms with Crippen molar-refractivity contribution in [1.29, 1.82) is 0 Å². The number of alkyl halides is 3.